The van der Waals surface area contributed by atoms with Gasteiger partial charge >= 0.3 is 0 Å². The molecule has 306 valence electrons. The Labute approximate surface area is 379 Å². The molecule has 5 heterocycles. The quantitative estimate of drug-likeness (QED) is 0.177. The Kier molecular flexibility index (Phi) is 7.28. The van der Waals surface area contributed by atoms with Crippen LogP contribution in [0.3, 0.4) is 0 Å². The van der Waals surface area contributed by atoms with E-state index in [0.29, 0.717) is 17.6 Å². The maximum Gasteiger partial charge on any atom is 0.238 e. The minimum absolute atomic E-state index is 0.555. The van der Waals surface area contributed by atoms with Gasteiger partial charge in [-0.15, -0.1) is 11.3 Å². The Morgan fingerprint density at radius 3 is 1.86 bits per heavy atom. The zero-order valence-electron chi connectivity index (χ0n) is 35.1. The predicted molar refractivity (Wildman–Crippen MR) is 275 cm³/mol. The van der Waals surface area contributed by atoms with Crippen LogP contribution in [0.2, 0.25) is 0 Å². The molecule has 0 radical (unpaired) electrons. The van der Waals surface area contributed by atoms with Gasteiger partial charge in [0.05, 0.1) is 27.8 Å². The van der Waals surface area contributed by atoms with Crippen molar-refractivity contribution in [3.8, 4) is 34.4 Å². The molecule has 5 aromatic heterocycles. The largest absolute Gasteiger partial charge is 0.454 e. The van der Waals surface area contributed by atoms with Gasteiger partial charge in [-0.05, 0) is 82.2 Å². The zero-order chi connectivity index (χ0) is 43.0. The number of rotatable bonds is 4. The second-order valence-electron chi connectivity index (χ2n) is 17.1. The first-order valence-electron chi connectivity index (χ1n) is 22.2. The number of thiophene rings is 1. The fourth-order valence-corrected chi connectivity index (χ4v) is 11.8. The summed E-state index contributed by atoms with van der Waals surface area (Å²) in [6.45, 7) is 0. The van der Waals surface area contributed by atoms with Gasteiger partial charge in [-0.25, -0.2) is 4.98 Å². The Morgan fingerprint density at radius 1 is 0.394 bits per heavy atom. The first kappa shape index (κ1) is 35.8. The predicted octanol–water partition coefficient (Wildman–Crippen LogP) is 16.0. The van der Waals surface area contributed by atoms with Crippen LogP contribution in [-0.4, -0.2) is 24.1 Å². The summed E-state index contributed by atoms with van der Waals surface area (Å²) in [5, 5.41) is 13.9. The standard InChI is InChI=1S/C59H33N5OS/c1-2-16-36-32-50-46(30-35(36)15-1)54-38-17-4-3-14-34(38)28-29-49(54)63(50)51-33-37(31-45-41-20-7-11-26-52(41)65-55(45)51)57-60-58(44-23-13-22-43-42-21-8-12-27-53(42)66-56(43)44)62-59(61-57)64-47-24-9-5-18-39(47)40-19-6-10-25-48(40)64/h1-33H. The van der Waals surface area contributed by atoms with Gasteiger partial charge < -0.3 is 8.98 Å². The lowest BCUT2D eigenvalue weighted by Crippen LogP contribution is -2.07. The van der Waals surface area contributed by atoms with E-state index in [0.717, 1.165) is 76.3 Å². The summed E-state index contributed by atoms with van der Waals surface area (Å²) in [6, 6.07) is 71.3. The minimum atomic E-state index is 0.555. The molecule has 0 unspecified atom stereocenters. The molecule has 0 aliphatic heterocycles. The van der Waals surface area contributed by atoms with Crippen molar-refractivity contribution < 1.29 is 4.42 Å². The fraction of sp³-hybridized carbons (Fsp3) is 0. The maximum absolute atomic E-state index is 6.94. The molecule has 0 saturated heterocycles. The number of benzene rings is 10. The third-order valence-electron chi connectivity index (χ3n) is 13.5. The average Bonchev–Trinajstić information content (AvgIpc) is 4.13. The van der Waals surface area contributed by atoms with Crippen LogP contribution in [0.5, 0.6) is 0 Å². The first-order valence-corrected chi connectivity index (χ1v) is 23.0. The van der Waals surface area contributed by atoms with Crippen molar-refractivity contribution >= 4 is 119 Å². The molecule has 66 heavy (non-hydrogen) atoms. The smallest absolute Gasteiger partial charge is 0.238 e. The molecule has 0 atom stereocenters. The number of hydrogen-bond donors (Lipinski definition) is 0. The van der Waals surface area contributed by atoms with Crippen LogP contribution in [0.25, 0.3) is 142 Å². The van der Waals surface area contributed by atoms with Crippen molar-refractivity contribution in [1.82, 2.24) is 24.1 Å². The van der Waals surface area contributed by atoms with E-state index in [-0.39, 0.29) is 0 Å². The molecule has 0 aliphatic rings. The molecule has 0 aliphatic carbocycles. The summed E-state index contributed by atoms with van der Waals surface area (Å²) in [7, 11) is 0. The van der Waals surface area contributed by atoms with Crippen LogP contribution < -0.4 is 0 Å². The first-order chi connectivity index (χ1) is 32.7. The molecule has 0 spiro atoms. The van der Waals surface area contributed by atoms with Crippen LogP contribution in [0.15, 0.2) is 205 Å². The van der Waals surface area contributed by atoms with E-state index >= 15 is 0 Å². The molecular weight excluding hydrogens is 827 g/mol. The maximum atomic E-state index is 6.94. The number of aromatic nitrogens is 5. The second kappa shape index (κ2) is 13.4. The minimum Gasteiger partial charge on any atom is -0.454 e. The summed E-state index contributed by atoms with van der Waals surface area (Å²) < 4.78 is 13.9. The lowest BCUT2D eigenvalue weighted by molar-refractivity contribution is 0.666. The van der Waals surface area contributed by atoms with Gasteiger partial charge in [0, 0.05) is 63.6 Å². The van der Waals surface area contributed by atoms with E-state index in [9.17, 15) is 0 Å². The molecule has 7 heteroatoms. The molecule has 15 rings (SSSR count). The van der Waals surface area contributed by atoms with Gasteiger partial charge in [-0.3, -0.25) is 4.57 Å². The normalized spacial score (nSPS) is 12.2. The summed E-state index contributed by atoms with van der Waals surface area (Å²) in [5.74, 6) is 1.74. The van der Waals surface area contributed by atoms with Crippen molar-refractivity contribution in [2.24, 2.45) is 0 Å². The lowest BCUT2D eigenvalue weighted by atomic mass is 10.0. The molecule has 6 nitrogen and oxygen atoms in total. The Morgan fingerprint density at radius 2 is 1.05 bits per heavy atom. The highest BCUT2D eigenvalue weighted by Gasteiger charge is 2.24. The van der Waals surface area contributed by atoms with Crippen molar-refractivity contribution in [1.29, 1.82) is 0 Å². The van der Waals surface area contributed by atoms with Crippen LogP contribution >= 0.6 is 11.3 Å². The van der Waals surface area contributed by atoms with Crippen molar-refractivity contribution in [2.45, 2.75) is 0 Å². The number of fused-ring (bicyclic) bond motifs is 15. The molecular formula is C59H33N5OS. The summed E-state index contributed by atoms with van der Waals surface area (Å²) in [6.07, 6.45) is 0. The Balaban J connectivity index is 1.08. The van der Waals surface area contributed by atoms with E-state index in [1.165, 1.54) is 47.8 Å². The molecule has 15 aromatic rings. The molecule has 0 saturated carbocycles. The molecule has 10 aromatic carbocycles. The monoisotopic (exact) mass is 859 g/mol. The average molecular weight is 860 g/mol. The number of furan rings is 1. The number of hydrogen-bond acceptors (Lipinski definition) is 5. The van der Waals surface area contributed by atoms with Crippen molar-refractivity contribution in [3.05, 3.63) is 200 Å². The topological polar surface area (TPSA) is 61.7 Å². The van der Waals surface area contributed by atoms with E-state index in [1.807, 2.05) is 6.07 Å². The Bertz CT molecular complexity index is 4500. The van der Waals surface area contributed by atoms with Gasteiger partial charge in [0.2, 0.25) is 5.95 Å². The van der Waals surface area contributed by atoms with Crippen LogP contribution in [0.4, 0.5) is 0 Å². The third kappa shape index (κ3) is 5.03. The SMILES string of the molecule is c1ccc2cc3c(cc2c1)c1c2ccccc2ccc1n3-c1cc(-c2nc(-c3cccc4c3sc3ccccc34)nc(-n3c4ccccc4c4ccccc43)n2)cc2c1oc1ccccc12. The third-order valence-corrected chi connectivity index (χ3v) is 14.7. The fourth-order valence-electron chi connectivity index (χ4n) is 10.6. The second-order valence-corrected chi connectivity index (χ2v) is 18.2. The van der Waals surface area contributed by atoms with E-state index in [1.54, 1.807) is 11.3 Å². The molecule has 0 N–H and O–H groups in total. The summed E-state index contributed by atoms with van der Waals surface area (Å²) in [4.78, 5) is 16.4. The van der Waals surface area contributed by atoms with Gasteiger partial charge in [0.15, 0.2) is 17.2 Å². The van der Waals surface area contributed by atoms with Gasteiger partial charge in [-0.1, -0.05) is 140 Å². The van der Waals surface area contributed by atoms with Gasteiger partial charge in [0.25, 0.3) is 0 Å². The highest BCUT2D eigenvalue weighted by atomic mass is 32.1. The van der Waals surface area contributed by atoms with Gasteiger partial charge in [-0.2, -0.15) is 9.97 Å². The van der Waals surface area contributed by atoms with Crippen LogP contribution in [-0.2, 0) is 0 Å². The van der Waals surface area contributed by atoms with E-state index in [2.05, 4.69) is 203 Å². The van der Waals surface area contributed by atoms with Crippen molar-refractivity contribution in [2.75, 3.05) is 0 Å². The zero-order valence-corrected chi connectivity index (χ0v) is 35.9. The number of para-hydroxylation sites is 3. The highest BCUT2D eigenvalue weighted by molar-refractivity contribution is 7.26. The highest BCUT2D eigenvalue weighted by Crippen LogP contribution is 2.45. The number of nitrogens with zero attached hydrogens (tertiary/aromatic N) is 5. The summed E-state index contributed by atoms with van der Waals surface area (Å²) >= 11 is 1.78. The van der Waals surface area contributed by atoms with E-state index < -0.39 is 0 Å². The van der Waals surface area contributed by atoms with Crippen molar-refractivity contribution in [3.63, 3.8) is 0 Å². The van der Waals surface area contributed by atoms with Crippen LogP contribution in [0.1, 0.15) is 0 Å². The van der Waals surface area contributed by atoms with Gasteiger partial charge in [0.1, 0.15) is 5.58 Å². The molecule has 0 bridgehead atoms. The Hall–Kier alpha value is -8.65. The molecule has 0 fully saturated rings. The summed E-state index contributed by atoms with van der Waals surface area (Å²) in [5.41, 5.74) is 8.61. The lowest BCUT2D eigenvalue weighted by Gasteiger charge is -2.14. The van der Waals surface area contributed by atoms with E-state index in [4.69, 9.17) is 19.4 Å². The van der Waals surface area contributed by atoms with Crippen LogP contribution in [0, 0.1) is 0 Å². The molecule has 0 amide bonds.